The van der Waals surface area contributed by atoms with Crippen molar-refractivity contribution in [3.8, 4) is 0 Å². The van der Waals surface area contributed by atoms with Crippen LogP contribution in [0.1, 0.15) is 51.5 Å². The third-order valence-electron chi connectivity index (χ3n) is 3.62. The molecule has 0 saturated carbocycles. The molecule has 120 valence electrons. The fourth-order valence-corrected chi connectivity index (χ4v) is 2.12. The fraction of sp³-hybridized carbons (Fsp3) is 0.400. The minimum absolute atomic E-state index is 0.404. The van der Waals surface area contributed by atoms with Gasteiger partial charge in [-0.05, 0) is 18.1 Å². The van der Waals surface area contributed by atoms with Crippen LogP contribution in [0.15, 0.2) is 60.3 Å². The first-order valence-corrected chi connectivity index (χ1v) is 8.27. The lowest BCUT2D eigenvalue weighted by molar-refractivity contribution is 0.658. The minimum atomic E-state index is -0.404. The van der Waals surface area contributed by atoms with Crippen molar-refractivity contribution in [3.63, 3.8) is 0 Å². The van der Waals surface area contributed by atoms with Crippen LogP contribution in [-0.2, 0) is 0 Å². The van der Waals surface area contributed by atoms with Crippen LogP contribution >= 0.6 is 0 Å². The highest BCUT2D eigenvalue weighted by molar-refractivity contribution is 5.52. The van der Waals surface area contributed by atoms with Crippen LogP contribution in [0.25, 0.3) is 6.08 Å². The van der Waals surface area contributed by atoms with Crippen molar-refractivity contribution in [2.45, 2.75) is 51.5 Å². The quantitative estimate of drug-likeness (QED) is 0.768. The van der Waals surface area contributed by atoms with E-state index in [9.17, 15) is 0 Å². The summed E-state index contributed by atoms with van der Waals surface area (Å²) in [5.74, 6) is 0. The first kappa shape index (κ1) is 18.2. The number of hydrogen-bond donors (Lipinski definition) is 2. The molecule has 0 heterocycles. The summed E-state index contributed by atoms with van der Waals surface area (Å²) < 4.78 is 0. The van der Waals surface area contributed by atoms with Gasteiger partial charge in [-0.25, -0.2) is 0 Å². The molecular formula is C20H30N2. The van der Waals surface area contributed by atoms with Gasteiger partial charge in [0.1, 0.15) is 0 Å². The van der Waals surface area contributed by atoms with Gasteiger partial charge in [0, 0.05) is 5.70 Å². The van der Waals surface area contributed by atoms with E-state index in [2.05, 4.69) is 26.0 Å². The van der Waals surface area contributed by atoms with Crippen molar-refractivity contribution in [1.29, 1.82) is 0 Å². The number of hydrogen-bond acceptors (Lipinski definition) is 2. The summed E-state index contributed by atoms with van der Waals surface area (Å²) in [4.78, 5) is 0. The maximum absolute atomic E-state index is 6.20. The predicted molar refractivity (Wildman–Crippen MR) is 98.2 cm³/mol. The van der Waals surface area contributed by atoms with Crippen LogP contribution in [-0.4, -0.2) is 5.54 Å². The van der Waals surface area contributed by atoms with Gasteiger partial charge in [0.15, 0.2) is 0 Å². The van der Waals surface area contributed by atoms with Crippen LogP contribution in [0.4, 0.5) is 0 Å². The zero-order valence-corrected chi connectivity index (χ0v) is 14.0. The predicted octanol–water partition coefficient (Wildman–Crippen LogP) is 4.79. The van der Waals surface area contributed by atoms with Crippen molar-refractivity contribution >= 4 is 6.08 Å². The summed E-state index contributed by atoms with van der Waals surface area (Å²) in [6.07, 6.45) is 16.1. The summed E-state index contributed by atoms with van der Waals surface area (Å²) in [6, 6.07) is 10.1. The first-order chi connectivity index (χ1) is 10.6. The Morgan fingerprint density at radius 2 is 1.73 bits per heavy atom. The normalized spacial score (nSPS) is 20.4. The van der Waals surface area contributed by atoms with Gasteiger partial charge in [-0.15, -0.1) is 0 Å². The Morgan fingerprint density at radius 3 is 2.23 bits per heavy atom. The number of benzene rings is 1. The van der Waals surface area contributed by atoms with E-state index in [0.717, 1.165) is 17.7 Å². The summed E-state index contributed by atoms with van der Waals surface area (Å²) in [5.41, 5.74) is 13.4. The van der Waals surface area contributed by atoms with Gasteiger partial charge >= 0.3 is 0 Å². The van der Waals surface area contributed by atoms with Crippen molar-refractivity contribution in [3.05, 3.63) is 65.9 Å². The molecule has 1 aliphatic carbocycles. The van der Waals surface area contributed by atoms with E-state index >= 15 is 0 Å². The molecular weight excluding hydrogens is 268 g/mol. The molecule has 0 radical (unpaired) electrons. The molecule has 1 unspecified atom stereocenters. The first-order valence-electron chi connectivity index (χ1n) is 8.27. The van der Waals surface area contributed by atoms with Crippen LogP contribution < -0.4 is 11.5 Å². The van der Waals surface area contributed by atoms with Crippen LogP contribution in [0.3, 0.4) is 0 Å². The highest BCUT2D eigenvalue weighted by Crippen LogP contribution is 2.19. The van der Waals surface area contributed by atoms with Gasteiger partial charge in [-0.2, -0.15) is 0 Å². The molecule has 2 rings (SSSR count). The third kappa shape index (κ3) is 7.28. The number of nitrogens with two attached hydrogens (primary N) is 2. The molecule has 2 nitrogen and oxygen atoms in total. The molecule has 0 spiro atoms. The molecule has 1 atom stereocenters. The standard InChI is InChI=1S/C14H16N2.C6H14/c15-13-7-10-14(16,11-8-13)9-6-12-4-2-1-3-5-12;1-3-5-6-4-2/h1-10H,11,15-16H2;3-6H2,1-2H3. The molecule has 0 saturated heterocycles. The molecule has 1 aromatic rings. The second kappa shape index (κ2) is 10.0. The molecule has 1 aliphatic rings. The average molecular weight is 298 g/mol. The van der Waals surface area contributed by atoms with E-state index in [0.29, 0.717) is 0 Å². The smallest absolute Gasteiger partial charge is 0.0567 e. The van der Waals surface area contributed by atoms with E-state index in [-0.39, 0.29) is 0 Å². The summed E-state index contributed by atoms with van der Waals surface area (Å²) in [6.45, 7) is 4.46. The van der Waals surface area contributed by atoms with E-state index in [1.54, 1.807) is 0 Å². The Labute approximate surface area is 135 Å². The highest BCUT2D eigenvalue weighted by atomic mass is 14.7. The Kier molecular flexibility index (Phi) is 8.31. The van der Waals surface area contributed by atoms with E-state index in [1.807, 2.05) is 48.6 Å². The SMILES string of the molecule is CCCCCC.NC1=CCC(N)(C=Cc2ccccc2)C=C1. The molecule has 0 amide bonds. The monoisotopic (exact) mass is 298 g/mol. The number of rotatable bonds is 5. The lowest BCUT2D eigenvalue weighted by atomic mass is 9.90. The van der Waals surface area contributed by atoms with Crippen LogP contribution in [0, 0.1) is 0 Å². The van der Waals surface area contributed by atoms with Crippen molar-refractivity contribution in [2.24, 2.45) is 11.5 Å². The zero-order chi connectivity index (χ0) is 16.3. The van der Waals surface area contributed by atoms with Crippen LogP contribution in [0.5, 0.6) is 0 Å². The van der Waals surface area contributed by atoms with Crippen LogP contribution in [0.2, 0.25) is 0 Å². The van der Waals surface area contributed by atoms with Crippen molar-refractivity contribution in [2.75, 3.05) is 0 Å². The fourth-order valence-electron chi connectivity index (χ4n) is 2.12. The largest absolute Gasteiger partial charge is 0.399 e. The molecule has 0 aliphatic heterocycles. The Balaban J connectivity index is 0.000000346. The minimum Gasteiger partial charge on any atom is -0.399 e. The van der Waals surface area contributed by atoms with Crippen molar-refractivity contribution in [1.82, 2.24) is 0 Å². The van der Waals surface area contributed by atoms with Gasteiger partial charge in [0.25, 0.3) is 0 Å². The van der Waals surface area contributed by atoms with Gasteiger partial charge in [-0.1, -0.05) is 94.2 Å². The lowest BCUT2D eigenvalue weighted by Gasteiger charge is -2.23. The lowest BCUT2D eigenvalue weighted by Crippen LogP contribution is -2.36. The maximum atomic E-state index is 6.20. The number of unbranched alkanes of at least 4 members (excludes halogenated alkanes) is 3. The van der Waals surface area contributed by atoms with E-state index < -0.39 is 5.54 Å². The van der Waals surface area contributed by atoms with E-state index in [4.69, 9.17) is 11.5 Å². The Bertz CT molecular complexity index is 496. The average Bonchev–Trinajstić information content (AvgIpc) is 2.56. The highest BCUT2D eigenvalue weighted by Gasteiger charge is 2.18. The number of allylic oxidation sites excluding steroid dienone is 1. The van der Waals surface area contributed by atoms with Gasteiger partial charge in [-0.3, -0.25) is 0 Å². The van der Waals surface area contributed by atoms with Gasteiger partial charge in [0.05, 0.1) is 5.54 Å². The molecule has 0 aromatic heterocycles. The van der Waals surface area contributed by atoms with E-state index in [1.165, 1.54) is 25.7 Å². The summed E-state index contributed by atoms with van der Waals surface area (Å²) in [7, 11) is 0. The topological polar surface area (TPSA) is 52.0 Å². The molecule has 22 heavy (non-hydrogen) atoms. The second-order valence-electron chi connectivity index (χ2n) is 5.81. The Morgan fingerprint density at radius 1 is 1.09 bits per heavy atom. The maximum Gasteiger partial charge on any atom is 0.0567 e. The summed E-state index contributed by atoms with van der Waals surface area (Å²) >= 11 is 0. The van der Waals surface area contributed by atoms with Gasteiger partial charge in [0.2, 0.25) is 0 Å². The molecule has 4 N–H and O–H groups in total. The van der Waals surface area contributed by atoms with Crippen molar-refractivity contribution < 1.29 is 0 Å². The molecule has 0 fully saturated rings. The molecule has 0 bridgehead atoms. The molecule has 2 heteroatoms. The molecule has 1 aromatic carbocycles. The van der Waals surface area contributed by atoms with Gasteiger partial charge < -0.3 is 11.5 Å². The summed E-state index contributed by atoms with van der Waals surface area (Å²) in [5, 5.41) is 0. The Hall–Kier alpha value is -1.80. The zero-order valence-electron chi connectivity index (χ0n) is 14.0. The second-order valence-corrected chi connectivity index (χ2v) is 5.81. The third-order valence-corrected chi connectivity index (χ3v) is 3.62.